The minimum absolute atomic E-state index is 0.00457. The molecule has 0 bridgehead atoms. The topological polar surface area (TPSA) is 91.0 Å². The first-order chi connectivity index (χ1) is 11.9. The van der Waals surface area contributed by atoms with Gasteiger partial charge < -0.3 is 15.4 Å². The average molecular weight is 361 g/mol. The molecule has 2 atom stereocenters. The number of fused-ring (bicyclic) bond motifs is 3. The molecule has 2 aliphatic rings. The summed E-state index contributed by atoms with van der Waals surface area (Å²) in [5.74, 6) is 1.26. The van der Waals surface area contributed by atoms with Gasteiger partial charge in [-0.1, -0.05) is 12.1 Å². The van der Waals surface area contributed by atoms with Crippen LogP contribution in [0.2, 0.25) is 0 Å². The van der Waals surface area contributed by atoms with Crippen molar-refractivity contribution >= 4 is 16.5 Å². The molecule has 134 valence electrons. The molecule has 1 fully saturated rings. The van der Waals surface area contributed by atoms with E-state index in [0.29, 0.717) is 16.4 Å². The lowest BCUT2D eigenvalue weighted by Gasteiger charge is -2.46. The van der Waals surface area contributed by atoms with E-state index in [2.05, 4.69) is 9.62 Å². The molecule has 4 rings (SSSR count). The van der Waals surface area contributed by atoms with Gasteiger partial charge in [-0.25, -0.2) is 0 Å². The van der Waals surface area contributed by atoms with Gasteiger partial charge in [0.2, 0.25) is 0 Å². The number of hydrogen-bond donors (Lipinski definition) is 4. The summed E-state index contributed by atoms with van der Waals surface area (Å²) in [7, 11) is -3.02. The van der Waals surface area contributed by atoms with E-state index in [1.54, 1.807) is 6.07 Å². The van der Waals surface area contributed by atoms with Gasteiger partial charge in [0.15, 0.2) is 0 Å². The maximum absolute atomic E-state index is 10.5. The van der Waals surface area contributed by atoms with Crippen LogP contribution in [0.4, 0.5) is 5.69 Å². The van der Waals surface area contributed by atoms with Crippen LogP contribution in [0.25, 0.3) is 0 Å². The normalized spacial score (nSPS) is 23.5. The van der Waals surface area contributed by atoms with E-state index in [4.69, 9.17) is 10.5 Å². The fourth-order valence-corrected chi connectivity index (χ4v) is 4.94. The quantitative estimate of drug-likeness (QED) is 0.659. The number of anilines is 1. The van der Waals surface area contributed by atoms with Crippen molar-refractivity contribution in [2.24, 2.45) is 5.73 Å². The maximum atomic E-state index is 10.5. The molecular weight excluding hydrogens is 338 g/mol. The Morgan fingerprint density at radius 3 is 2.64 bits per heavy atom. The molecule has 0 aromatic heterocycles. The summed E-state index contributed by atoms with van der Waals surface area (Å²) in [5, 5.41) is 0. The summed E-state index contributed by atoms with van der Waals surface area (Å²) in [4.78, 5) is 2.68. The largest absolute Gasteiger partial charge is 0.457 e. The zero-order valence-corrected chi connectivity index (χ0v) is 14.9. The van der Waals surface area contributed by atoms with E-state index >= 15 is 0 Å². The minimum Gasteiger partial charge on any atom is -0.457 e. The molecule has 0 amide bonds. The Kier molecular flexibility index (Phi) is 4.13. The fourth-order valence-electron chi connectivity index (χ4n) is 3.43. The Hall–Kier alpha value is -1.77. The fraction of sp³-hybridized carbons (Fsp3) is 0.333. The second-order valence-electron chi connectivity index (χ2n) is 6.61. The average Bonchev–Trinajstić information content (AvgIpc) is 3.03. The van der Waals surface area contributed by atoms with E-state index in [1.807, 2.05) is 43.3 Å². The first kappa shape index (κ1) is 16.7. The summed E-state index contributed by atoms with van der Waals surface area (Å²) in [6.07, 6.45) is 1.95. The van der Waals surface area contributed by atoms with Gasteiger partial charge in [0.25, 0.3) is 0 Å². The van der Waals surface area contributed by atoms with Crippen molar-refractivity contribution in [1.82, 2.24) is 4.72 Å². The van der Waals surface area contributed by atoms with Crippen LogP contribution in [-0.2, 0) is 0 Å². The van der Waals surface area contributed by atoms with Crippen LogP contribution >= 0.6 is 10.8 Å². The number of nitrogens with one attached hydrogen (secondary N) is 1. The molecule has 6 nitrogen and oxygen atoms in total. The van der Waals surface area contributed by atoms with E-state index in [-0.39, 0.29) is 12.2 Å². The van der Waals surface area contributed by atoms with Crippen molar-refractivity contribution in [2.45, 2.75) is 36.9 Å². The molecule has 5 N–H and O–H groups in total. The van der Waals surface area contributed by atoms with Gasteiger partial charge in [0.05, 0.1) is 11.9 Å². The second-order valence-corrected chi connectivity index (χ2v) is 8.38. The number of hydrogen-bond acceptors (Lipinski definition) is 6. The summed E-state index contributed by atoms with van der Waals surface area (Å²) in [5.41, 5.74) is 7.77. The number of nitrogens with zero attached hydrogens (tertiary/aromatic N) is 1. The van der Waals surface area contributed by atoms with Gasteiger partial charge in [0.1, 0.15) is 16.4 Å². The SMILES string of the molecule is CC(N)c1ccc(Oc2ccc3c(c2)S(O)(O)NC2CCCN32)cc1. The first-order valence-corrected chi connectivity index (χ1v) is 9.98. The summed E-state index contributed by atoms with van der Waals surface area (Å²) in [6, 6.07) is 13.1. The van der Waals surface area contributed by atoms with Crippen LogP contribution < -0.4 is 20.1 Å². The molecule has 1 saturated heterocycles. The minimum atomic E-state index is -3.02. The van der Waals surface area contributed by atoms with Gasteiger partial charge in [-0.05, 0) is 49.6 Å². The van der Waals surface area contributed by atoms with Crippen LogP contribution in [0.1, 0.15) is 31.4 Å². The molecular formula is C18H23N3O3S. The molecule has 7 heteroatoms. The Bertz CT molecular complexity index is 780. The lowest BCUT2D eigenvalue weighted by atomic mass is 10.1. The van der Waals surface area contributed by atoms with Crippen molar-refractivity contribution in [1.29, 1.82) is 0 Å². The van der Waals surface area contributed by atoms with Gasteiger partial charge in [-0.15, -0.1) is 10.8 Å². The molecule has 2 unspecified atom stereocenters. The predicted octanol–water partition coefficient (Wildman–Crippen LogP) is 4.05. The van der Waals surface area contributed by atoms with Crippen molar-refractivity contribution in [3.8, 4) is 11.5 Å². The van der Waals surface area contributed by atoms with Gasteiger partial charge in [-0.2, -0.15) is 4.72 Å². The first-order valence-electron chi connectivity index (χ1n) is 8.44. The molecule has 2 aromatic rings. The van der Waals surface area contributed by atoms with Crippen molar-refractivity contribution < 1.29 is 13.8 Å². The molecule has 0 aliphatic carbocycles. The number of benzene rings is 2. The maximum Gasteiger partial charge on any atom is 0.129 e. The van der Waals surface area contributed by atoms with Crippen molar-refractivity contribution in [2.75, 3.05) is 11.4 Å². The molecule has 2 aromatic carbocycles. The number of rotatable bonds is 3. The highest BCUT2D eigenvalue weighted by Crippen LogP contribution is 2.55. The zero-order chi connectivity index (χ0) is 17.6. The van der Waals surface area contributed by atoms with Crippen LogP contribution in [0, 0.1) is 0 Å². The Morgan fingerprint density at radius 2 is 1.92 bits per heavy atom. The van der Waals surface area contributed by atoms with E-state index < -0.39 is 10.8 Å². The number of nitrogens with two attached hydrogens (primary N) is 1. The zero-order valence-electron chi connectivity index (χ0n) is 14.1. The second kappa shape index (κ2) is 6.19. The highest BCUT2D eigenvalue weighted by molar-refractivity contribution is 8.22. The Balaban J connectivity index is 1.62. The van der Waals surface area contributed by atoms with Gasteiger partial charge in [-0.3, -0.25) is 9.11 Å². The molecule has 0 saturated carbocycles. The third-order valence-electron chi connectivity index (χ3n) is 4.74. The Labute approximate surface area is 149 Å². The smallest absolute Gasteiger partial charge is 0.129 e. The van der Waals surface area contributed by atoms with Crippen LogP contribution in [0.3, 0.4) is 0 Å². The van der Waals surface area contributed by atoms with E-state index in [9.17, 15) is 9.11 Å². The molecule has 2 heterocycles. The highest BCUT2D eigenvalue weighted by atomic mass is 32.3. The highest BCUT2D eigenvalue weighted by Gasteiger charge is 2.38. The lowest BCUT2D eigenvalue weighted by molar-refractivity contribution is 0.440. The predicted molar refractivity (Wildman–Crippen MR) is 100 cm³/mol. The monoisotopic (exact) mass is 361 g/mol. The van der Waals surface area contributed by atoms with Gasteiger partial charge >= 0.3 is 0 Å². The third-order valence-corrected chi connectivity index (χ3v) is 6.28. The summed E-state index contributed by atoms with van der Waals surface area (Å²) >= 11 is 0. The molecule has 2 aliphatic heterocycles. The van der Waals surface area contributed by atoms with Gasteiger partial charge in [0, 0.05) is 18.7 Å². The van der Waals surface area contributed by atoms with Crippen molar-refractivity contribution in [3.05, 3.63) is 48.0 Å². The third kappa shape index (κ3) is 3.09. The molecule has 0 radical (unpaired) electrons. The van der Waals surface area contributed by atoms with Crippen LogP contribution in [0.5, 0.6) is 11.5 Å². The summed E-state index contributed by atoms with van der Waals surface area (Å²) in [6.45, 7) is 2.85. The summed E-state index contributed by atoms with van der Waals surface area (Å²) < 4.78 is 29.8. The van der Waals surface area contributed by atoms with Crippen molar-refractivity contribution in [3.63, 3.8) is 0 Å². The standard InChI is InChI=1S/C18H23N3O3S/c1-12(19)13-4-6-14(7-5-13)24-15-8-9-16-17(11-15)25(22,23)20-18-3-2-10-21(16)18/h4-9,11-12,18,20,22-23H,2-3,10,19H2,1H3. The van der Waals surface area contributed by atoms with E-state index in [0.717, 1.165) is 30.6 Å². The molecule has 25 heavy (non-hydrogen) atoms. The molecule has 0 spiro atoms. The van der Waals surface area contributed by atoms with Crippen LogP contribution in [-0.4, -0.2) is 21.8 Å². The number of ether oxygens (including phenoxy) is 1. The van der Waals surface area contributed by atoms with E-state index in [1.165, 1.54) is 0 Å². The Morgan fingerprint density at radius 1 is 1.20 bits per heavy atom. The van der Waals surface area contributed by atoms with Crippen LogP contribution in [0.15, 0.2) is 47.4 Å². The lowest BCUT2D eigenvalue weighted by Crippen LogP contribution is -2.46.